The van der Waals surface area contributed by atoms with Crippen LogP contribution in [0.3, 0.4) is 0 Å². The van der Waals surface area contributed by atoms with Gasteiger partial charge < -0.3 is 5.32 Å². The second-order valence-corrected chi connectivity index (χ2v) is 8.28. The molecule has 162 valence electrons. The second kappa shape index (κ2) is 8.42. The van der Waals surface area contributed by atoms with E-state index in [1.807, 2.05) is 64.1 Å². The van der Waals surface area contributed by atoms with Crippen LogP contribution in [0.1, 0.15) is 33.4 Å². The summed E-state index contributed by atoms with van der Waals surface area (Å²) >= 11 is 0. The third-order valence-electron chi connectivity index (χ3n) is 5.90. The summed E-state index contributed by atoms with van der Waals surface area (Å²) in [5.41, 5.74) is 6.33. The summed E-state index contributed by atoms with van der Waals surface area (Å²) in [5, 5.41) is 3.22. The standard InChI is InChI=1S/C27H25FN2O2/c1-16-9-10-18(3)23(13-16)29-25-24(20-12-11-17(2)19(4)14-20)26(31)30(27(25)32)15-21-7-5-6-8-22(21)28/h5-14,29H,15H2,1-4H3. The number of hydrogen-bond acceptors (Lipinski definition) is 3. The molecule has 4 rings (SSSR count). The van der Waals surface area contributed by atoms with Crippen molar-refractivity contribution < 1.29 is 14.0 Å². The number of carbonyl (C=O) groups is 2. The van der Waals surface area contributed by atoms with Gasteiger partial charge in [-0.15, -0.1) is 0 Å². The summed E-state index contributed by atoms with van der Waals surface area (Å²) < 4.78 is 14.3. The Kier molecular flexibility index (Phi) is 5.66. The van der Waals surface area contributed by atoms with Crippen LogP contribution < -0.4 is 5.32 Å². The number of rotatable bonds is 5. The van der Waals surface area contributed by atoms with Crippen LogP contribution in [0.5, 0.6) is 0 Å². The van der Waals surface area contributed by atoms with Crippen molar-refractivity contribution in [2.24, 2.45) is 0 Å². The van der Waals surface area contributed by atoms with Crippen LogP contribution in [-0.2, 0) is 16.1 Å². The van der Waals surface area contributed by atoms with Crippen molar-refractivity contribution in [3.05, 3.63) is 106 Å². The lowest BCUT2D eigenvalue weighted by molar-refractivity contribution is -0.137. The fraction of sp³-hybridized carbons (Fsp3) is 0.185. The molecule has 0 aliphatic carbocycles. The Morgan fingerprint density at radius 1 is 0.812 bits per heavy atom. The molecule has 0 aromatic heterocycles. The Morgan fingerprint density at radius 2 is 1.53 bits per heavy atom. The average molecular weight is 429 g/mol. The first-order chi connectivity index (χ1) is 15.3. The van der Waals surface area contributed by atoms with Gasteiger partial charge in [0.15, 0.2) is 0 Å². The van der Waals surface area contributed by atoms with Crippen LogP contribution in [0.4, 0.5) is 10.1 Å². The molecule has 3 aromatic rings. The van der Waals surface area contributed by atoms with Crippen molar-refractivity contribution in [1.29, 1.82) is 0 Å². The first kappa shape index (κ1) is 21.5. The van der Waals surface area contributed by atoms with E-state index in [9.17, 15) is 14.0 Å². The fourth-order valence-electron chi connectivity index (χ4n) is 3.80. The van der Waals surface area contributed by atoms with Gasteiger partial charge in [0.1, 0.15) is 11.5 Å². The third-order valence-corrected chi connectivity index (χ3v) is 5.90. The van der Waals surface area contributed by atoms with Crippen LogP contribution in [0.25, 0.3) is 5.57 Å². The minimum absolute atomic E-state index is 0.128. The first-order valence-electron chi connectivity index (χ1n) is 10.5. The number of imide groups is 1. The molecule has 0 saturated carbocycles. The van der Waals surface area contributed by atoms with Gasteiger partial charge in [-0.05, 0) is 67.6 Å². The molecule has 1 aliphatic rings. The van der Waals surface area contributed by atoms with Gasteiger partial charge in [-0.1, -0.05) is 48.5 Å². The van der Waals surface area contributed by atoms with E-state index in [-0.39, 0.29) is 12.2 Å². The summed E-state index contributed by atoms with van der Waals surface area (Å²) in [6.07, 6.45) is 0. The molecule has 1 N–H and O–H groups in total. The zero-order chi connectivity index (χ0) is 23.0. The smallest absolute Gasteiger partial charge is 0.278 e. The highest BCUT2D eigenvalue weighted by molar-refractivity contribution is 6.36. The molecular weight excluding hydrogens is 403 g/mol. The van der Waals surface area contributed by atoms with E-state index in [0.717, 1.165) is 32.8 Å². The van der Waals surface area contributed by atoms with E-state index >= 15 is 0 Å². The number of benzene rings is 3. The van der Waals surface area contributed by atoms with Gasteiger partial charge >= 0.3 is 0 Å². The second-order valence-electron chi connectivity index (χ2n) is 8.28. The van der Waals surface area contributed by atoms with Crippen molar-refractivity contribution in [3.63, 3.8) is 0 Å². The quantitative estimate of drug-likeness (QED) is 0.550. The summed E-state index contributed by atoms with van der Waals surface area (Å²) in [5.74, 6) is -1.35. The largest absolute Gasteiger partial charge is 0.350 e. The van der Waals surface area contributed by atoms with Gasteiger partial charge in [0.25, 0.3) is 11.8 Å². The number of amides is 2. The predicted octanol–water partition coefficient (Wildman–Crippen LogP) is 5.45. The van der Waals surface area contributed by atoms with Crippen LogP contribution >= 0.6 is 0 Å². The van der Waals surface area contributed by atoms with Gasteiger partial charge in [0, 0.05) is 11.3 Å². The van der Waals surface area contributed by atoms with E-state index < -0.39 is 17.6 Å². The SMILES string of the molecule is Cc1ccc(C)c(NC2=C(c3ccc(C)c(C)c3)C(=O)N(Cc3ccccc3F)C2=O)c1. The molecule has 0 fully saturated rings. The number of halogens is 1. The van der Waals surface area contributed by atoms with E-state index in [4.69, 9.17) is 0 Å². The van der Waals surface area contributed by atoms with Crippen molar-refractivity contribution in [2.75, 3.05) is 5.32 Å². The molecule has 1 aliphatic heterocycles. The molecule has 5 heteroatoms. The summed E-state index contributed by atoms with van der Waals surface area (Å²) in [4.78, 5) is 28.0. The summed E-state index contributed by atoms with van der Waals surface area (Å²) in [6.45, 7) is 7.74. The molecule has 0 saturated heterocycles. The molecule has 1 heterocycles. The Labute approximate surface area is 187 Å². The fourth-order valence-corrected chi connectivity index (χ4v) is 3.80. The highest BCUT2D eigenvalue weighted by Crippen LogP contribution is 2.33. The summed E-state index contributed by atoms with van der Waals surface area (Å²) in [6, 6.07) is 17.8. The van der Waals surface area contributed by atoms with E-state index in [1.165, 1.54) is 6.07 Å². The zero-order valence-electron chi connectivity index (χ0n) is 18.6. The molecule has 0 bridgehead atoms. The molecule has 0 unspecified atom stereocenters. The molecule has 0 spiro atoms. The molecule has 3 aromatic carbocycles. The molecular formula is C27H25FN2O2. The predicted molar refractivity (Wildman–Crippen MR) is 124 cm³/mol. The van der Waals surface area contributed by atoms with Crippen LogP contribution in [-0.4, -0.2) is 16.7 Å². The van der Waals surface area contributed by atoms with Gasteiger partial charge in [-0.2, -0.15) is 0 Å². The normalized spacial score (nSPS) is 13.8. The van der Waals surface area contributed by atoms with E-state index in [0.29, 0.717) is 16.7 Å². The maximum absolute atomic E-state index is 14.3. The number of nitrogens with one attached hydrogen (secondary N) is 1. The van der Waals surface area contributed by atoms with Gasteiger partial charge in [-0.25, -0.2) is 4.39 Å². The minimum Gasteiger partial charge on any atom is -0.350 e. The highest BCUT2D eigenvalue weighted by atomic mass is 19.1. The maximum Gasteiger partial charge on any atom is 0.278 e. The number of aryl methyl sites for hydroxylation is 4. The average Bonchev–Trinajstić information content (AvgIpc) is 2.98. The van der Waals surface area contributed by atoms with Gasteiger partial charge in [0.2, 0.25) is 0 Å². The van der Waals surface area contributed by atoms with Crippen LogP contribution in [0.15, 0.2) is 66.4 Å². The van der Waals surface area contributed by atoms with Crippen molar-refractivity contribution in [2.45, 2.75) is 34.2 Å². The Bertz CT molecular complexity index is 1280. The molecule has 0 radical (unpaired) electrons. The number of nitrogens with zero attached hydrogens (tertiary/aromatic N) is 1. The Balaban J connectivity index is 1.81. The molecule has 4 nitrogen and oxygen atoms in total. The molecule has 32 heavy (non-hydrogen) atoms. The van der Waals surface area contributed by atoms with E-state index in [2.05, 4.69) is 5.32 Å². The first-order valence-corrected chi connectivity index (χ1v) is 10.5. The minimum atomic E-state index is -0.465. The van der Waals surface area contributed by atoms with Gasteiger partial charge in [-0.3, -0.25) is 14.5 Å². The van der Waals surface area contributed by atoms with Crippen molar-refractivity contribution in [1.82, 2.24) is 4.90 Å². The lowest BCUT2D eigenvalue weighted by Gasteiger charge is -2.16. The van der Waals surface area contributed by atoms with Crippen LogP contribution in [0.2, 0.25) is 0 Å². The molecule has 0 atom stereocenters. The molecule has 2 amide bonds. The topological polar surface area (TPSA) is 49.4 Å². The Hall–Kier alpha value is -3.73. The van der Waals surface area contributed by atoms with Crippen molar-refractivity contribution >= 4 is 23.1 Å². The third kappa shape index (κ3) is 3.94. The van der Waals surface area contributed by atoms with Crippen LogP contribution in [0, 0.1) is 33.5 Å². The zero-order valence-corrected chi connectivity index (χ0v) is 18.6. The highest BCUT2D eigenvalue weighted by Gasteiger charge is 2.39. The number of anilines is 1. The monoisotopic (exact) mass is 428 g/mol. The Morgan fingerprint density at radius 3 is 2.25 bits per heavy atom. The summed E-state index contributed by atoms with van der Waals surface area (Å²) in [7, 11) is 0. The number of carbonyl (C=O) groups excluding carboxylic acids is 2. The lowest BCUT2D eigenvalue weighted by Crippen LogP contribution is -2.32. The number of hydrogen-bond donors (Lipinski definition) is 1. The van der Waals surface area contributed by atoms with Crippen molar-refractivity contribution in [3.8, 4) is 0 Å². The lowest BCUT2D eigenvalue weighted by atomic mass is 9.99. The van der Waals surface area contributed by atoms with E-state index in [1.54, 1.807) is 18.2 Å². The van der Waals surface area contributed by atoms with Gasteiger partial charge in [0.05, 0.1) is 12.1 Å². The maximum atomic E-state index is 14.3.